The first-order chi connectivity index (χ1) is 11.8. The summed E-state index contributed by atoms with van der Waals surface area (Å²) >= 11 is 0. The fourth-order valence-corrected chi connectivity index (χ4v) is 1.92. The Kier molecular flexibility index (Phi) is 5.03. The van der Waals surface area contributed by atoms with Gasteiger partial charge in [-0.25, -0.2) is 4.79 Å². The van der Waals surface area contributed by atoms with Crippen molar-refractivity contribution < 1.29 is 24.2 Å². The Morgan fingerprint density at radius 2 is 1.72 bits per heavy atom. The standard InChI is InChI=1S/C15H11N3O7/c16-12-5-4-10(7-13(12)18(23)24)15(20)25-8-14(19)9-2-1-3-11(6-9)17(21)22/h1-7H,8,16H2. The van der Waals surface area contributed by atoms with E-state index in [9.17, 15) is 29.8 Å². The number of rotatable bonds is 6. The van der Waals surface area contributed by atoms with Crippen LogP contribution in [0.15, 0.2) is 42.5 Å². The number of carbonyl (C=O) groups is 2. The van der Waals surface area contributed by atoms with Crippen molar-refractivity contribution in [2.24, 2.45) is 0 Å². The molecule has 0 aliphatic heterocycles. The maximum atomic E-state index is 12.0. The van der Waals surface area contributed by atoms with Gasteiger partial charge in [-0.05, 0) is 12.1 Å². The molecule has 2 rings (SSSR count). The second-order valence-corrected chi connectivity index (χ2v) is 4.84. The van der Waals surface area contributed by atoms with Crippen molar-refractivity contribution >= 4 is 28.8 Å². The number of non-ortho nitro benzene ring substituents is 1. The molecule has 0 spiro atoms. The Labute approximate surface area is 140 Å². The molecule has 25 heavy (non-hydrogen) atoms. The van der Waals surface area contributed by atoms with Crippen LogP contribution in [0.1, 0.15) is 20.7 Å². The Bertz CT molecular complexity index is 879. The number of esters is 1. The molecule has 0 saturated heterocycles. The maximum absolute atomic E-state index is 12.0. The van der Waals surface area contributed by atoms with E-state index in [2.05, 4.69) is 0 Å². The number of ketones is 1. The summed E-state index contributed by atoms with van der Waals surface area (Å²) in [5, 5.41) is 21.5. The second-order valence-electron chi connectivity index (χ2n) is 4.84. The molecule has 0 atom stereocenters. The minimum atomic E-state index is -0.957. The molecule has 0 aromatic heterocycles. The van der Waals surface area contributed by atoms with E-state index < -0.39 is 33.9 Å². The Morgan fingerprint density at radius 3 is 2.36 bits per heavy atom. The van der Waals surface area contributed by atoms with Crippen LogP contribution < -0.4 is 5.73 Å². The van der Waals surface area contributed by atoms with Crippen LogP contribution in [0, 0.1) is 20.2 Å². The van der Waals surface area contributed by atoms with Crippen molar-refractivity contribution in [1.29, 1.82) is 0 Å². The van der Waals surface area contributed by atoms with Crippen LogP contribution >= 0.6 is 0 Å². The summed E-state index contributed by atoms with van der Waals surface area (Å²) in [6, 6.07) is 8.30. The number of hydrogen-bond acceptors (Lipinski definition) is 8. The molecule has 0 aliphatic rings. The molecule has 0 fully saturated rings. The first-order valence-corrected chi connectivity index (χ1v) is 6.78. The zero-order valence-electron chi connectivity index (χ0n) is 12.6. The van der Waals surface area contributed by atoms with Gasteiger partial charge in [0.2, 0.25) is 5.78 Å². The highest BCUT2D eigenvalue weighted by molar-refractivity contribution is 6.00. The number of benzene rings is 2. The van der Waals surface area contributed by atoms with Gasteiger partial charge in [-0.15, -0.1) is 0 Å². The van der Waals surface area contributed by atoms with Crippen LogP contribution in [0.2, 0.25) is 0 Å². The van der Waals surface area contributed by atoms with Crippen LogP contribution in [0.25, 0.3) is 0 Å². The van der Waals surface area contributed by atoms with Gasteiger partial charge in [0.05, 0.1) is 15.4 Å². The van der Waals surface area contributed by atoms with Crippen LogP contribution in [0.3, 0.4) is 0 Å². The van der Waals surface area contributed by atoms with Gasteiger partial charge < -0.3 is 10.5 Å². The third-order valence-electron chi connectivity index (χ3n) is 3.18. The van der Waals surface area contributed by atoms with Crippen molar-refractivity contribution in [2.45, 2.75) is 0 Å². The monoisotopic (exact) mass is 345 g/mol. The van der Waals surface area contributed by atoms with Gasteiger partial charge >= 0.3 is 5.97 Å². The number of nitro groups is 2. The van der Waals surface area contributed by atoms with Gasteiger partial charge in [-0.1, -0.05) is 12.1 Å². The zero-order chi connectivity index (χ0) is 18.6. The smallest absolute Gasteiger partial charge is 0.338 e. The first-order valence-electron chi connectivity index (χ1n) is 6.78. The van der Waals surface area contributed by atoms with Crippen LogP contribution in [-0.4, -0.2) is 28.2 Å². The number of nitrogens with two attached hydrogens (primary N) is 1. The van der Waals surface area contributed by atoms with Crippen molar-refractivity contribution in [3.63, 3.8) is 0 Å². The van der Waals surface area contributed by atoms with Gasteiger partial charge in [-0.2, -0.15) is 0 Å². The Hall–Kier alpha value is -3.82. The van der Waals surface area contributed by atoms with Gasteiger partial charge in [0.25, 0.3) is 11.4 Å². The molecular formula is C15H11N3O7. The van der Waals surface area contributed by atoms with E-state index in [1.807, 2.05) is 0 Å². The molecule has 10 heteroatoms. The highest BCUT2D eigenvalue weighted by atomic mass is 16.6. The van der Waals surface area contributed by atoms with Crippen molar-refractivity contribution in [3.05, 3.63) is 73.8 Å². The zero-order valence-corrected chi connectivity index (χ0v) is 12.6. The average Bonchev–Trinajstić information content (AvgIpc) is 2.59. The molecule has 128 valence electrons. The first kappa shape index (κ1) is 17.5. The molecule has 0 bridgehead atoms. The van der Waals surface area contributed by atoms with Gasteiger partial charge in [-0.3, -0.25) is 25.0 Å². The summed E-state index contributed by atoms with van der Waals surface area (Å²) in [5.74, 6) is -1.61. The predicted molar refractivity (Wildman–Crippen MR) is 85.2 cm³/mol. The second kappa shape index (κ2) is 7.17. The molecule has 0 amide bonds. The summed E-state index contributed by atoms with van der Waals surface area (Å²) in [6.07, 6.45) is 0. The SMILES string of the molecule is Nc1ccc(C(=O)OCC(=O)c2cccc([N+](=O)[O-])c2)cc1[N+](=O)[O-]. The molecular weight excluding hydrogens is 334 g/mol. The normalized spacial score (nSPS) is 10.1. The van der Waals surface area contributed by atoms with Crippen molar-refractivity contribution in [3.8, 4) is 0 Å². The molecule has 0 saturated carbocycles. The van der Waals surface area contributed by atoms with Gasteiger partial charge in [0.1, 0.15) is 5.69 Å². The van der Waals surface area contributed by atoms with Crippen LogP contribution in [0.4, 0.5) is 17.1 Å². The fourth-order valence-electron chi connectivity index (χ4n) is 1.92. The number of Topliss-reactive ketones (excluding diaryl/α,β-unsaturated/α-hetero) is 1. The molecule has 0 heterocycles. The molecule has 2 N–H and O–H groups in total. The summed E-state index contributed by atoms with van der Waals surface area (Å²) < 4.78 is 4.80. The topological polar surface area (TPSA) is 156 Å². The average molecular weight is 345 g/mol. The van der Waals surface area contributed by atoms with Crippen molar-refractivity contribution in [2.75, 3.05) is 12.3 Å². The highest BCUT2D eigenvalue weighted by Gasteiger charge is 2.18. The highest BCUT2D eigenvalue weighted by Crippen LogP contribution is 2.22. The Morgan fingerprint density at radius 1 is 1.00 bits per heavy atom. The number of carbonyl (C=O) groups excluding carboxylic acids is 2. The van der Waals surface area contributed by atoms with E-state index in [1.54, 1.807) is 0 Å². The van der Waals surface area contributed by atoms with Crippen molar-refractivity contribution in [1.82, 2.24) is 0 Å². The summed E-state index contributed by atoms with van der Waals surface area (Å²) in [5.41, 5.74) is 4.44. The molecule has 0 unspecified atom stereocenters. The lowest BCUT2D eigenvalue weighted by molar-refractivity contribution is -0.384. The Balaban J connectivity index is 2.08. The summed E-state index contributed by atoms with van der Waals surface area (Å²) in [7, 11) is 0. The number of hydrogen-bond donors (Lipinski definition) is 1. The van der Waals surface area contributed by atoms with E-state index in [1.165, 1.54) is 30.3 Å². The van der Waals surface area contributed by atoms with Crippen LogP contribution in [-0.2, 0) is 4.74 Å². The largest absolute Gasteiger partial charge is 0.454 e. The lowest BCUT2D eigenvalue weighted by Gasteiger charge is -2.05. The van der Waals surface area contributed by atoms with Crippen LogP contribution in [0.5, 0.6) is 0 Å². The van der Waals surface area contributed by atoms with E-state index in [0.29, 0.717) is 0 Å². The lowest BCUT2D eigenvalue weighted by Crippen LogP contribution is -2.14. The van der Waals surface area contributed by atoms with E-state index in [0.717, 1.165) is 12.1 Å². The third kappa shape index (κ3) is 4.13. The quantitative estimate of drug-likeness (QED) is 0.274. The minimum Gasteiger partial charge on any atom is -0.454 e. The lowest BCUT2D eigenvalue weighted by atomic mass is 10.1. The maximum Gasteiger partial charge on any atom is 0.338 e. The van der Waals surface area contributed by atoms with E-state index in [4.69, 9.17) is 10.5 Å². The van der Waals surface area contributed by atoms with Gasteiger partial charge in [0.15, 0.2) is 6.61 Å². The molecule has 0 aliphatic carbocycles. The summed E-state index contributed by atoms with van der Waals surface area (Å²) in [6.45, 7) is -0.668. The number of anilines is 1. The predicted octanol–water partition coefficient (Wildman–Crippen LogP) is 2.12. The molecule has 0 radical (unpaired) electrons. The van der Waals surface area contributed by atoms with Gasteiger partial charge in [0, 0.05) is 23.8 Å². The minimum absolute atomic E-state index is 0.00490. The number of nitrogen functional groups attached to an aromatic ring is 1. The summed E-state index contributed by atoms with van der Waals surface area (Å²) in [4.78, 5) is 43.9. The third-order valence-corrected chi connectivity index (χ3v) is 3.18. The van der Waals surface area contributed by atoms with E-state index >= 15 is 0 Å². The van der Waals surface area contributed by atoms with E-state index in [-0.39, 0.29) is 22.5 Å². The number of ether oxygens (including phenoxy) is 1. The molecule has 10 nitrogen and oxygen atoms in total. The molecule has 2 aromatic rings. The fraction of sp³-hybridized carbons (Fsp3) is 0.0667. The molecule has 2 aromatic carbocycles. The number of nitro benzene ring substituents is 2. The number of nitrogens with zero attached hydrogens (tertiary/aromatic N) is 2.